The average molecular weight is 257 g/mol. The van der Waals surface area contributed by atoms with Crippen molar-refractivity contribution < 1.29 is 23.5 Å². The van der Waals surface area contributed by atoms with Crippen LogP contribution in [0.3, 0.4) is 0 Å². The predicted octanol–water partition coefficient (Wildman–Crippen LogP) is 1.96. The molecule has 18 heavy (non-hydrogen) atoms. The average Bonchev–Trinajstić information content (AvgIpc) is 2.28. The van der Waals surface area contributed by atoms with E-state index in [1.165, 1.54) is 0 Å². The molecule has 0 saturated heterocycles. The summed E-state index contributed by atoms with van der Waals surface area (Å²) in [4.78, 5) is 23.1. The molecule has 0 heterocycles. The van der Waals surface area contributed by atoms with Gasteiger partial charge in [-0.05, 0) is 31.5 Å². The molecule has 0 aliphatic rings. The van der Waals surface area contributed by atoms with Crippen LogP contribution in [-0.4, -0.2) is 28.4 Å². The number of hydrogen-bond donors (Lipinski definition) is 1. The largest absolute Gasteiger partial charge is 0.479 e. The first-order valence-corrected chi connectivity index (χ1v) is 5.29. The van der Waals surface area contributed by atoms with E-state index in [0.29, 0.717) is 6.41 Å². The van der Waals surface area contributed by atoms with E-state index in [1.807, 2.05) is 0 Å². The van der Waals surface area contributed by atoms with Crippen LogP contribution < -0.4 is 0 Å². The molecule has 4 nitrogen and oxygen atoms in total. The Kier molecular flexibility index (Phi) is 4.36. The van der Waals surface area contributed by atoms with Gasteiger partial charge in [0.25, 0.3) is 0 Å². The Bertz CT molecular complexity index is 463. The first kappa shape index (κ1) is 14.1. The quantitative estimate of drug-likeness (QED) is 0.820. The van der Waals surface area contributed by atoms with E-state index in [0.717, 1.165) is 23.1 Å². The second-order valence-electron chi connectivity index (χ2n) is 4.06. The van der Waals surface area contributed by atoms with Gasteiger partial charge in [0.2, 0.25) is 6.41 Å². The maximum atomic E-state index is 13.1. The Balaban J connectivity index is 3.23. The first-order chi connectivity index (χ1) is 8.38. The highest BCUT2D eigenvalue weighted by molar-refractivity contribution is 5.78. The molecular weight excluding hydrogens is 244 g/mol. The molecule has 6 heteroatoms. The molecule has 1 N–H and O–H groups in total. The molecule has 0 aromatic heterocycles. The third-order valence-corrected chi connectivity index (χ3v) is 2.51. The van der Waals surface area contributed by atoms with Gasteiger partial charge in [-0.2, -0.15) is 0 Å². The van der Waals surface area contributed by atoms with Gasteiger partial charge < -0.3 is 10.0 Å². The molecule has 1 rings (SSSR count). The van der Waals surface area contributed by atoms with Crippen molar-refractivity contribution in [1.29, 1.82) is 0 Å². The normalized spacial score (nSPS) is 12.3. The van der Waals surface area contributed by atoms with E-state index in [2.05, 4.69) is 0 Å². The SMILES string of the molecule is CC(C)N(C=O)C(C(=O)O)c1ccc(F)c(F)c1. The second-order valence-corrected chi connectivity index (χ2v) is 4.06. The summed E-state index contributed by atoms with van der Waals surface area (Å²) in [7, 11) is 0. The molecule has 1 aromatic rings. The Morgan fingerprint density at radius 2 is 1.94 bits per heavy atom. The number of amides is 1. The Morgan fingerprint density at radius 3 is 2.33 bits per heavy atom. The monoisotopic (exact) mass is 257 g/mol. The number of carbonyl (C=O) groups is 2. The van der Waals surface area contributed by atoms with Crippen molar-refractivity contribution in [1.82, 2.24) is 4.90 Å². The summed E-state index contributed by atoms with van der Waals surface area (Å²) in [5.41, 5.74) is 0.0159. The zero-order valence-electron chi connectivity index (χ0n) is 9.93. The molecule has 98 valence electrons. The Morgan fingerprint density at radius 1 is 1.33 bits per heavy atom. The van der Waals surface area contributed by atoms with Crippen molar-refractivity contribution in [2.45, 2.75) is 25.9 Å². The fourth-order valence-electron chi connectivity index (χ4n) is 1.61. The van der Waals surface area contributed by atoms with E-state index in [9.17, 15) is 18.4 Å². The summed E-state index contributed by atoms with van der Waals surface area (Å²) in [5, 5.41) is 9.12. The van der Waals surface area contributed by atoms with Gasteiger partial charge in [-0.1, -0.05) is 6.07 Å². The van der Waals surface area contributed by atoms with E-state index < -0.39 is 23.6 Å². The van der Waals surface area contributed by atoms with E-state index in [1.54, 1.807) is 13.8 Å². The van der Waals surface area contributed by atoms with Crippen molar-refractivity contribution in [2.75, 3.05) is 0 Å². The van der Waals surface area contributed by atoms with Crippen LogP contribution in [0.4, 0.5) is 8.78 Å². The van der Waals surface area contributed by atoms with Crippen molar-refractivity contribution in [3.05, 3.63) is 35.4 Å². The van der Waals surface area contributed by atoms with Crippen LogP contribution in [-0.2, 0) is 9.59 Å². The highest BCUT2D eigenvalue weighted by atomic mass is 19.2. The fraction of sp³-hybridized carbons (Fsp3) is 0.333. The summed E-state index contributed by atoms with van der Waals surface area (Å²) >= 11 is 0. The van der Waals surface area contributed by atoms with Crippen LogP contribution in [0.15, 0.2) is 18.2 Å². The third-order valence-electron chi connectivity index (χ3n) is 2.51. The number of rotatable bonds is 5. The topological polar surface area (TPSA) is 57.6 Å². The van der Waals surface area contributed by atoms with Crippen molar-refractivity contribution >= 4 is 12.4 Å². The summed E-state index contributed by atoms with van der Waals surface area (Å²) in [6, 6.07) is 1.06. The van der Waals surface area contributed by atoms with Gasteiger partial charge >= 0.3 is 5.97 Å². The maximum absolute atomic E-state index is 13.1. The number of carbonyl (C=O) groups excluding carboxylic acids is 1. The van der Waals surface area contributed by atoms with Crippen molar-refractivity contribution in [3.8, 4) is 0 Å². The summed E-state index contributed by atoms with van der Waals surface area (Å²) in [5.74, 6) is -3.51. The van der Waals surface area contributed by atoms with Crippen molar-refractivity contribution in [2.24, 2.45) is 0 Å². The standard InChI is InChI=1S/C12H13F2NO3/c1-7(2)15(6-16)11(12(17)18)8-3-4-9(13)10(14)5-8/h3-7,11H,1-2H3,(H,17,18). The molecule has 0 bridgehead atoms. The van der Waals surface area contributed by atoms with Crippen LogP contribution >= 0.6 is 0 Å². The molecule has 1 atom stereocenters. The van der Waals surface area contributed by atoms with E-state index >= 15 is 0 Å². The molecule has 1 unspecified atom stereocenters. The number of hydrogen-bond acceptors (Lipinski definition) is 2. The zero-order valence-corrected chi connectivity index (χ0v) is 9.93. The molecule has 0 saturated carbocycles. The Labute approximate surface area is 103 Å². The van der Waals surface area contributed by atoms with Gasteiger partial charge in [0.1, 0.15) is 0 Å². The lowest BCUT2D eigenvalue weighted by molar-refractivity contribution is -0.148. The number of aliphatic carboxylic acids is 1. The van der Waals surface area contributed by atoms with Gasteiger partial charge in [0.05, 0.1) is 0 Å². The number of benzene rings is 1. The molecule has 1 amide bonds. The molecule has 0 radical (unpaired) electrons. The molecule has 1 aromatic carbocycles. The smallest absolute Gasteiger partial charge is 0.331 e. The lowest BCUT2D eigenvalue weighted by Crippen LogP contribution is -2.38. The summed E-state index contributed by atoms with van der Waals surface area (Å²) in [6.07, 6.45) is 0.380. The van der Waals surface area contributed by atoms with Crippen LogP contribution in [0.25, 0.3) is 0 Å². The lowest BCUT2D eigenvalue weighted by atomic mass is 10.0. The van der Waals surface area contributed by atoms with Gasteiger partial charge in [0, 0.05) is 6.04 Å². The van der Waals surface area contributed by atoms with Gasteiger partial charge in [-0.15, -0.1) is 0 Å². The second kappa shape index (κ2) is 5.57. The predicted molar refractivity (Wildman–Crippen MR) is 59.8 cm³/mol. The molecule has 0 fully saturated rings. The molecular formula is C12H13F2NO3. The van der Waals surface area contributed by atoms with Gasteiger partial charge in [-0.3, -0.25) is 4.79 Å². The Hall–Kier alpha value is -1.98. The third kappa shape index (κ3) is 2.82. The van der Waals surface area contributed by atoms with Crippen LogP contribution in [0.1, 0.15) is 25.5 Å². The van der Waals surface area contributed by atoms with Crippen LogP contribution in [0, 0.1) is 11.6 Å². The van der Waals surface area contributed by atoms with Gasteiger partial charge in [0.15, 0.2) is 17.7 Å². The zero-order chi connectivity index (χ0) is 13.9. The highest BCUT2D eigenvalue weighted by Crippen LogP contribution is 2.23. The highest BCUT2D eigenvalue weighted by Gasteiger charge is 2.29. The molecule has 0 aliphatic carbocycles. The minimum absolute atomic E-state index is 0.0159. The van der Waals surface area contributed by atoms with E-state index in [-0.39, 0.29) is 11.6 Å². The molecule has 0 aliphatic heterocycles. The number of nitrogens with zero attached hydrogens (tertiary/aromatic N) is 1. The van der Waals surface area contributed by atoms with Crippen LogP contribution in [0.2, 0.25) is 0 Å². The number of halogens is 2. The first-order valence-electron chi connectivity index (χ1n) is 5.29. The van der Waals surface area contributed by atoms with Gasteiger partial charge in [-0.25, -0.2) is 13.6 Å². The minimum atomic E-state index is -1.34. The molecule has 0 spiro atoms. The number of carboxylic acid groups (broad SMARTS) is 1. The van der Waals surface area contributed by atoms with Crippen molar-refractivity contribution in [3.63, 3.8) is 0 Å². The lowest BCUT2D eigenvalue weighted by Gasteiger charge is -2.28. The summed E-state index contributed by atoms with van der Waals surface area (Å²) in [6.45, 7) is 3.26. The number of carboxylic acids is 1. The van der Waals surface area contributed by atoms with Crippen LogP contribution in [0.5, 0.6) is 0 Å². The fourth-order valence-corrected chi connectivity index (χ4v) is 1.61. The summed E-state index contributed by atoms with van der Waals surface area (Å²) < 4.78 is 25.9. The minimum Gasteiger partial charge on any atom is -0.479 e. The van der Waals surface area contributed by atoms with E-state index in [4.69, 9.17) is 5.11 Å². The maximum Gasteiger partial charge on any atom is 0.331 e.